The average Bonchev–Trinajstić information content (AvgIpc) is 2.27. The summed E-state index contributed by atoms with van der Waals surface area (Å²) in [5.74, 6) is 0. The molecule has 0 aliphatic rings. The van der Waals surface area contributed by atoms with E-state index in [1.807, 2.05) is 0 Å². The second-order valence-electron chi connectivity index (χ2n) is 3.59. The molecule has 0 aliphatic heterocycles. The first-order chi connectivity index (χ1) is 8.45. The minimum absolute atomic E-state index is 0.0937. The van der Waals surface area contributed by atoms with E-state index in [1.165, 1.54) is 4.90 Å². The van der Waals surface area contributed by atoms with Gasteiger partial charge in [0.2, 0.25) is 0 Å². The van der Waals surface area contributed by atoms with Gasteiger partial charge >= 0.3 is 0 Å². The van der Waals surface area contributed by atoms with Crippen LogP contribution in [0.5, 0.6) is 0 Å². The molecule has 0 spiro atoms. The average molecular weight is 339 g/mol. The van der Waals surface area contributed by atoms with Gasteiger partial charge in [0.25, 0.3) is 6.43 Å². The molecule has 1 aromatic rings. The maximum Gasteiger partial charge on any atom is 0.255 e. The highest BCUT2D eigenvalue weighted by Gasteiger charge is 2.17. The third-order valence-electron chi connectivity index (χ3n) is 2.29. The minimum Gasteiger partial charge on any atom is -0.395 e. The molecule has 1 rings (SSSR count). The van der Waals surface area contributed by atoms with E-state index in [-0.39, 0.29) is 18.1 Å². The highest BCUT2D eigenvalue weighted by atomic mass is 79.9. The van der Waals surface area contributed by atoms with Crippen molar-refractivity contribution in [1.29, 1.82) is 0 Å². The second-order valence-corrected chi connectivity index (χ2v) is 4.94. The normalized spacial score (nSPS) is 10.7. The lowest BCUT2D eigenvalue weighted by atomic mass is 10.1. The van der Waals surface area contributed by atoms with E-state index >= 15 is 0 Å². The Bertz CT molecular complexity index is 432. The zero-order valence-electron chi connectivity index (χ0n) is 9.44. The van der Waals surface area contributed by atoms with Crippen molar-refractivity contribution in [2.45, 2.75) is 6.43 Å². The molecule has 0 atom stereocenters. The monoisotopic (exact) mass is 338 g/mol. The standard InChI is InChI=1S/C11H13BrF2N2OS/c12-7-1-2-8(11(15)18)9(5-7)16(3-4-17)6-10(13)14/h1-2,5,10,17H,3-4,6H2,(H2,15,18). The third-order valence-corrected chi connectivity index (χ3v) is 3.01. The van der Waals surface area contributed by atoms with Crippen LogP contribution in [0.15, 0.2) is 22.7 Å². The van der Waals surface area contributed by atoms with Crippen LogP contribution in [0.4, 0.5) is 14.5 Å². The molecule has 0 fully saturated rings. The van der Waals surface area contributed by atoms with Gasteiger partial charge in [0.05, 0.1) is 13.2 Å². The summed E-state index contributed by atoms with van der Waals surface area (Å²) in [6.45, 7) is -0.612. The highest BCUT2D eigenvalue weighted by Crippen LogP contribution is 2.25. The maximum absolute atomic E-state index is 12.5. The van der Waals surface area contributed by atoms with Crippen molar-refractivity contribution in [3.63, 3.8) is 0 Å². The number of aliphatic hydroxyl groups excluding tert-OH is 1. The zero-order valence-corrected chi connectivity index (χ0v) is 11.8. The molecule has 0 aliphatic carbocycles. The number of benzene rings is 1. The summed E-state index contributed by atoms with van der Waals surface area (Å²) in [7, 11) is 0. The van der Waals surface area contributed by atoms with Gasteiger partial charge in [0.1, 0.15) is 4.99 Å². The molecular weight excluding hydrogens is 326 g/mol. The highest BCUT2D eigenvalue weighted by molar-refractivity contribution is 9.10. The van der Waals surface area contributed by atoms with Crippen LogP contribution in [-0.4, -0.2) is 36.2 Å². The molecule has 0 amide bonds. The molecule has 1 aromatic carbocycles. The van der Waals surface area contributed by atoms with Gasteiger partial charge in [0.15, 0.2) is 0 Å². The summed E-state index contributed by atoms with van der Waals surface area (Å²) >= 11 is 8.17. The van der Waals surface area contributed by atoms with Crippen molar-refractivity contribution in [2.24, 2.45) is 5.73 Å². The predicted molar refractivity (Wildman–Crippen MR) is 75.3 cm³/mol. The van der Waals surface area contributed by atoms with E-state index in [9.17, 15) is 8.78 Å². The van der Waals surface area contributed by atoms with E-state index in [1.54, 1.807) is 18.2 Å². The van der Waals surface area contributed by atoms with Gasteiger partial charge in [-0.15, -0.1) is 0 Å². The molecule has 0 aromatic heterocycles. The van der Waals surface area contributed by atoms with Gasteiger partial charge in [-0.25, -0.2) is 8.78 Å². The number of aliphatic hydroxyl groups is 1. The minimum atomic E-state index is -2.50. The Hall–Kier alpha value is -0.790. The molecule has 0 radical (unpaired) electrons. The van der Waals surface area contributed by atoms with Gasteiger partial charge in [0, 0.05) is 22.3 Å². The fraction of sp³-hybridized carbons (Fsp3) is 0.364. The van der Waals surface area contributed by atoms with Gasteiger partial charge < -0.3 is 15.7 Å². The summed E-state index contributed by atoms with van der Waals surface area (Å²) in [6.07, 6.45) is -2.50. The predicted octanol–water partition coefficient (Wildman–Crippen LogP) is 2.15. The largest absolute Gasteiger partial charge is 0.395 e. The van der Waals surface area contributed by atoms with Crippen LogP contribution < -0.4 is 10.6 Å². The Labute approximate surface area is 118 Å². The molecule has 0 heterocycles. The van der Waals surface area contributed by atoms with Crippen LogP contribution in [-0.2, 0) is 0 Å². The first-order valence-electron chi connectivity index (χ1n) is 5.19. The number of halogens is 3. The van der Waals surface area contributed by atoms with Crippen LogP contribution in [0.3, 0.4) is 0 Å². The maximum atomic E-state index is 12.5. The number of hydrogen-bond acceptors (Lipinski definition) is 3. The summed E-state index contributed by atoms with van der Waals surface area (Å²) in [5, 5.41) is 8.95. The molecule has 7 heteroatoms. The molecule has 3 nitrogen and oxygen atoms in total. The van der Waals surface area contributed by atoms with E-state index in [4.69, 9.17) is 23.1 Å². The number of nitrogens with zero attached hydrogens (tertiary/aromatic N) is 1. The number of nitrogens with two attached hydrogens (primary N) is 1. The van der Waals surface area contributed by atoms with Crippen molar-refractivity contribution in [3.8, 4) is 0 Å². The van der Waals surface area contributed by atoms with Crippen molar-refractivity contribution in [3.05, 3.63) is 28.2 Å². The first-order valence-corrected chi connectivity index (χ1v) is 6.39. The number of hydrogen-bond donors (Lipinski definition) is 2. The summed E-state index contributed by atoms with van der Waals surface area (Å²) < 4.78 is 25.8. The van der Waals surface area contributed by atoms with Crippen molar-refractivity contribution in [2.75, 3.05) is 24.6 Å². The van der Waals surface area contributed by atoms with Crippen molar-refractivity contribution < 1.29 is 13.9 Å². The molecule has 0 bridgehead atoms. The summed E-state index contributed by atoms with van der Waals surface area (Å²) in [4.78, 5) is 1.50. The topological polar surface area (TPSA) is 49.5 Å². The molecule has 0 unspecified atom stereocenters. The lowest BCUT2D eigenvalue weighted by Crippen LogP contribution is -2.33. The van der Waals surface area contributed by atoms with Crippen LogP contribution in [0, 0.1) is 0 Å². The Morgan fingerprint density at radius 3 is 2.67 bits per heavy atom. The first kappa shape index (κ1) is 15.3. The molecule has 0 saturated heterocycles. The van der Waals surface area contributed by atoms with Crippen molar-refractivity contribution >= 4 is 38.8 Å². The second kappa shape index (κ2) is 6.96. The lowest BCUT2D eigenvalue weighted by molar-refractivity contribution is 0.153. The zero-order chi connectivity index (χ0) is 13.7. The Morgan fingerprint density at radius 2 is 2.17 bits per heavy atom. The summed E-state index contributed by atoms with van der Waals surface area (Å²) in [6, 6.07) is 5.06. The van der Waals surface area contributed by atoms with Crippen LogP contribution in [0.25, 0.3) is 0 Å². The van der Waals surface area contributed by atoms with Gasteiger partial charge in [-0.1, -0.05) is 28.1 Å². The summed E-state index contributed by atoms with van der Waals surface area (Å²) in [5.41, 5.74) is 6.58. The fourth-order valence-corrected chi connectivity index (χ4v) is 2.09. The van der Waals surface area contributed by atoms with Crippen LogP contribution in [0.2, 0.25) is 0 Å². The number of alkyl halides is 2. The smallest absolute Gasteiger partial charge is 0.255 e. The van der Waals surface area contributed by atoms with E-state index in [0.29, 0.717) is 11.3 Å². The van der Waals surface area contributed by atoms with Crippen molar-refractivity contribution in [1.82, 2.24) is 0 Å². The molecule has 3 N–H and O–H groups in total. The fourth-order valence-electron chi connectivity index (χ4n) is 1.57. The van der Waals surface area contributed by atoms with Crippen LogP contribution >= 0.6 is 28.1 Å². The lowest BCUT2D eigenvalue weighted by Gasteiger charge is -2.26. The van der Waals surface area contributed by atoms with E-state index in [0.717, 1.165) is 4.47 Å². The number of thiocarbonyl (C=S) groups is 1. The van der Waals surface area contributed by atoms with Crippen LogP contribution in [0.1, 0.15) is 5.56 Å². The molecular formula is C11H13BrF2N2OS. The molecule has 0 saturated carbocycles. The molecule has 18 heavy (non-hydrogen) atoms. The SMILES string of the molecule is NC(=S)c1ccc(Br)cc1N(CCO)CC(F)F. The quantitative estimate of drug-likeness (QED) is 0.780. The third kappa shape index (κ3) is 4.15. The molecule has 100 valence electrons. The van der Waals surface area contributed by atoms with Gasteiger partial charge in [-0.05, 0) is 18.2 Å². The number of rotatable bonds is 6. The van der Waals surface area contributed by atoms with E-state index < -0.39 is 13.0 Å². The Balaban J connectivity index is 3.15. The Kier molecular flexibility index (Phi) is 5.90. The van der Waals surface area contributed by atoms with Gasteiger partial charge in [-0.3, -0.25) is 0 Å². The Morgan fingerprint density at radius 1 is 1.50 bits per heavy atom. The van der Waals surface area contributed by atoms with Gasteiger partial charge in [-0.2, -0.15) is 0 Å². The number of anilines is 1. The van der Waals surface area contributed by atoms with E-state index in [2.05, 4.69) is 15.9 Å².